The Bertz CT molecular complexity index is 820. The highest BCUT2D eigenvalue weighted by molar-refractivity contribution is 8.04. The van der Waals surface area contributed by atoms with E-state index in [1.807, 2.05) is 31.2 Å². The van der Waals surface area contributed by atoms with Crippen molar-refractivity contribution in [2.24, 2.45) is 0 Å². The maximum absolute atomic E-state index is 12.7. The molecule has 1 aromatic rings. The van der Waals surface area contributed by atoms with Gasteiger partial charge in [0.2, 0.25) is 0 Å². The normalized spacial score (nSPS) is 18.9. The highest BCUT2D eigenvalue weighted by atomic mass is 35.5. The number of nitrogens with zero attached hydrogens (tertiary/aromatic N) is 2. The predicted molar refractivity (Wildman–Crippen MR) is 106 cm³/mol. The third kappa shape index (κ3) is 4.42. The van der Waals surface area contributed by atoms with Gasteiger partial charge in [-0.1, -0.05) is 30.7 Å². The summed E-state index contributed by atoms with van der Waals surface area (Å²) in [7, 11) is 0. The number of carbonyl (C=O) groups is 3. The summed E-state index contributed by atoms with van der Waals surface area (Å²) in [6, 6.07) is 7.03. The van der Waals surface area contributed by atoms with E-state index in [0.29, 0.717) is 36.7 Å². The van der Waals surface area contributed by atoms with Crippen LogP contribution in [0.15, 0.2) is 35.7 Å². The molecule has 1 N–H and O–H groups in total. The van der Waals surface area contributed by atoms with Crippen molar-refractivity contribution < 1.29 is 19.0 Å². The topological polar surface area (TPSA) is 69.5 Å². The molecule has 1 aromatic carbocycles. The van der Waals surface area contributed by atoms with E-state index in [0.717, 1.165) is 5.56 Å². The Morgan fingerprint density at radius 1 is 1.30 bits per heavy atom. The second-order valence-corrected chi connectivity index (χ2v) is 7.78. The molecule has 3 rings (SSSR count). The van der Waals surface area contributed by atoms with Gasteiger partial charge in [0.1, 0.15) is 5.71 Å². The fraction of sp³-hybridized carbons (Fsp3) is 0.368. The van der Waals surface area contributed by atoms with Gasteiger partial charge in [0, 0.05) is 11.6 Å². The van der Waals surface area contributed by atoms with Crippen molar-refractivity contribution in [2.45, 2.75) is 25.0 Å². The smallest absolute Gasteiger partial charge is 0.352 e. The number of thioether (sulfide) groups is 1. The summed E-state index contributed by atoms with van der Waals surface area (Å²) in [4.78, 5) is 38.8. The van der Waals surface area contributed by atoms with Crippen LogP contribution in [0.3, 0.4) is 0 Å². The molecule has 2 heterocycles. The Morgan fingerprint density at radius 3 is 2.74 bits per heavy atom. The van der Waals surface area contributed by atoms with E-state index in [2.05, 4.69) is 5.32 Å². The van der Waals surface area contributed by atoms with Gasteiger partial charge < -0.3 is 5.32 Å². The van der Waals surface area contributed by atoms with Crippen molar-refractivity contribution in [2.75, 3.05) is 19.6 Å². The zero-order valence-electron chi connectivity index (χ0n) is 15.0. The molecule has 6 nitrogen and oxygen atoms in total. The summed E-state index contributed by atoms with van der Waals surface area (Å²) in [5.74, 6) is -0.453. The Kier molecular flexibility index (Phi) is 6.34. The Hall–Kier alpha value is -2.12. The third-order valence-electron chi connectivity index (χ3n) is 4.38. The van der Waals surface area contributed by atoms with Crippen LogP contribution in [0.2, 0.25) is 5.02 Å². The molecule has 4 amide bonds. The minimum Gasteiger partial charge on any atom is -0.352 e. The second-order valence-electron chi connectivity index (χ2n) is 6.33. The van der Waals surface area contributed by atoms with Gasteiger partial charge in [0.25, 0.3) is 5.91 Å². The number of allylic oxidation sites excluding steroid dienone is 1. The van der Waals surface area contributed by atoms with E-state index in [9.17, 15) is 14.4 Å². The SMILES string of the molecule is CCCN1C(=O)C2SC=CC2=[N+](CC(=O)NCCc2ccc(Cl)cc2)C1=O. The maximum Gasteiger partial charge on any atom is 0.501 e. The van der Waals surface area contributed by atoms with Crippen LogP contribution in [0.1, 0.15) is 18.9 Å². The molecule has 8 heteroatoms. The number of nitrogens with one attached hydrogen (secondary N) is 1. The first-order valence-corrected chi connectivity index (χ1v) is 10.2. The van der Waals surface area contributed by atoms with Crippen molar-refractivity contribution in [1.29, 1.82) is 0 Å². The maximum atomic E-state index is 12.7. The number of hydrogen-bond acceptors (Lipinski definition) is 4. The number of amides is 4. The van der Waals surface area contributed by atoms with E-state index >= 15 is 0 Å². The van der Waals surface area contributed by atoms with Crippen molar-refractivity contribution in [3.63, 3.8) is 0 Å². The Morgan fingerprint density at radius 2 is 2.04 bits per heavy atom. The van der Waals surface area contributed by atoms with Crippen LogP contribution < -0.4 is 5.32 Å². The number of rotatable bonds is 7. The minimum absolute atomic E-state index is 0.0936. The van der Waals surface area contributed by atoms with Crippen LogP contribution in [0, 0.1) is 0 Å². The number of halogens is 1. The lowest BCUT2D eigenvalue weighted by Gasteiger charge is -2.23. The molecule has 0 saturated carbocycles. The Labute approximate surface area is 167 Å². The van der Waals surface area contributed by atoms with Crippen molar-refractivity contribution in [3.8, 4) is 0 Å². The zero-order chi connectivity index (χ0) is 19.4. The lowest BCUT2D eigenvalue weighted by Crippen LogP contribution is -2.56. The Balaban J connectivity index is 1.63. The van der Waals surface area contributed by atoms with Gasteiger partial charge in [-0.2, -0.15) is 14.3 Å². The molecular weight excluding hydrogens is 386 g/mol. The molecule has 0 bridgehead atoms. The van der Waals surface area contributed by atoms with Crippen molar-refractivity contribution in [3.05, 3.63) is 46.3 Å². The monoisotopic (exact) mass is 406 g/mol. The predicted octanol–water partition coefficient (Wildman–Crippen LogP) is 2.45. The molecule has 2 aliphatic heterocycles. The fourth-order valence-electron chi connectivity index (χ4n) is 3.04. The summed E-state index contributed by atoms with van der Waals surface area (Å²) in [5.41, 5.74) is 1.66. The number of urea groups is 1. The molecule has 1 unspecified atom stereocenters. The van der Waals surface area contributed by atoms with Crippen molar-refractivity contribution >= 4 is 46.9 Å². The molecule has 0 radical (unpaired) electrons. The molecule has 0 spiro atoms. The number of benzene rings is 1. The molecule has 27 heavy (non-hydrogen) atoms. The quantitative estimate of drug-likeness (QED) is 0.706. The number of imide groups is 1. The number of fused-ring (bicyclic) bond motifs is 1. The van der Waals surface area contributed by atoms with Gasteiger partial charge in [0.05, 0.1) is 6.54 Å². The summed E-state index contributed by atoms with van der Waals surface area (Å²) in [5, 5.41) is 4.87. The highest BCUT2D eigenvalue weighted by Crippen LogP contribution is 2.27. The van der Waals surface area contributed by atoms with Crippen LogP contribution in [0.4, 0.5) is 4.79 Å². The molecular formula is C19H21ClN3O3S+. The third-order valence-corrected chi connectivity index (χ3v) is 5.64. The van der Waals surface area contributed by atoms with Gasteiger partial charge in [0.15, 0.2) is 11.8 Å². The van der Waals surface area contributed by atoms with E-state index in [1.165, 1.54) is 21.2 Å². The van der Waals surface area contributed by atoms with Gasteiger partial charge in [-0.3, -0.25) is 4.79 Å². The summed E-state index contributed by atoms with van der Waals surface area (Å²) >= 11 is 7.23. The van der Waals surface area contributed by atoms with Crippen LogP contribution in [0.5, 0.6) is 0 Å². The molecule has 0 aromatic heterocycles. The number of carbonyl (C=O) groups excluding carboxylic acids is 3. The highest BCUT2D eigenvalue weighted by Gasteiger charge is 2.48. The lowest BCUT2D eigenvalue weighted by molar-refractivity contribution is -0.426. The van der Waals surface area contributed by atoms with Crippen LogP contribution in [-0.4, -0.2) is 57.9 Å². The second kappa shape index (κ2) is 8.71. The summed E-state index contributed by atoms with van der Waals surface area (Å²) < 4.78 is 1.41. The van der Waals surface area contributed by atoms with E-state index in [4.69, 9.17) is 11.6 Å². The van der Waals surface area contributed by atoms with Crippen molar-refractivity contribution in [1.82, 2.24) is 10.2 Å². The minimum atomic E-state index is -0.434. The van der Waals surface area contributed by atoms with Gasteiger partial charge in [-0.05, 0) is 42.0 Å². The van der Waals surface area contributed by atoms with E-state index < -0.39 is 11.3 Å². The molecule has 0 fully saturated rings. The van der Waals surface area contributed by atoms with Crippen LogP contribution >= 0.6 is 23.4 Å². The lowest BCUT2D eigenvalue weighted by atomic mass is 10.1. The average Bonchev–Trinajstić information content (AvgIpc) is 3.14. The van der Waals surface area contributed by atoms with E-state index in [-0.39, 0.29) is 18.4 Å². The first-order chi connectivity index (χ1) is 13.0. The number of hydrogen-bond donors (Lipinski definition) is 1. The van der Waals surface area contributed by atoms with Crippen LogP contribution in [-0.2, 0) is 16.0 Å². The molecule has 0 saturated heterocycles. The first kappa shape index (κ1) is 19.6. The molecule has 1 atom stereocenters. The van der Waals surface area contributed by atoms with Gasteiger partial charge in [-0.15, -0.1) is 11.8 Å². The average molecular weight is 407 g/mol. The molecule has 2 aliphatic rings. The standard InChI is InChI=1S/C19H20ClN3O3S/c1-2-10-22-18(25)17-15(8-11-27-17)23(19(22)26)12-16(24)21-9-7-13-3-5-14(20)6-4-13/h3-6,8,11,17H,2,7,9-10,12H2,1H3/p+1. The summed E-state index contributed by atoms with van der Waals surface area (Å²) in [6.07, 6.45) is 3.10. The van der Waals surface area contributed by atoms with Gasteiger partial charge >= 0.3 is 11.9 Å². The van der Waals surface area contributed by atoms with Gasteiger partial charge in [-0.25, -0.2) is 4.79 Å². The first-order valence-electron chi connectivity index (χ1n) is 8.84. The largest absolute Gasteiger partial charge is 0.501 e. The molecule has 0 aliphatic carbocycles. The summed E-state index contributed by atoms with van der Waals surface area (Å²) in [6.45, 7) is 2.64. The van der Waals surface area contributed by atoms with Crippen LogP contribution in [0.25, 0.3) is 0 Å². The van der Waals surface area contributed by atoms with E-state index in [1.54, 1.807) is 11.5 Å². The fourth-order valence-corrected chi connectivity index (χ4v) is 4.13. The zero-order valence-corrected chi connectivity index (χ0v) is 16.6. The molecule has 142 valence electrons.